The van der Waals surface area contributed by atoms with Crippen molar-refractivity contribution in [2.24, 2.45) is 5.73 Å². The Kier molecular flexibility index (Phi) is 4.72. The highest BCUT2D eigenvalue weighted by Gasteiger charge is 2.20. The van der Waals surface area contributed by atoms with Crippen LogP contribution < -0.4 is 5.73 Å². The molecule has 1 saturated heterocycles. The van der Waals surface area contributed by atoms with Crippen molar-refractivity contribution in [1.29, 1.82) is 0 Å². The number of likely N-dealkylation sites (N-methyl/N-ethyl adjacent to an activating group) is 1. The van der Waals surface area contributed by atoms with Crippen LogP contribution in [0.4, 0.5) is 4.39 Å². The molecule has 0 radical (unpaired) electrons. The smallest absolute Gasteiger partial charge is 0.254 e. The summed E-state index contributed by atoms with van der Waals surface area (Å²) in [4.78, 5) is 16.2. The fourth-order valence-electron chi connectivity index (χ4n) is 2.09. The van der Waals surface area contributed by atoms with Crippen LogP contribution in [0.1, 0.15) is 15.9 Å². The lowest BCUT2D eigenvalue weighted by molar-refractivity contribution is 0.0663. The molecular formula is C15H18FN3O. The van der Waals surface area contributed by atoms with Crippen LogP contribution in [0.3, 0.4) is 0 Å². The highest BCUT2D eigenvalue weighted by Crippen LogP contribution is 2.13. The van der Waals surface area contributed by atoms with Gasteiger partial charge in [0.25, 0.3) is 5.91 Å². The minimum absolute atomic E-state index is 0.129. The SMILES string of the molecule is CN1CCN(C(=O)c2ccc(C#CCN)c(F)c2)CC1. The van der Waals surface area contributed by atoms with Crippen molar-refractivity contribution in [2.75, 3.05) is 39.8 Å². The molecule has 0 aliphatic carbocycles. The first-order valence-electron chi connectivity index (χ1n) is 6.58. The van der Waals surface area contributed by atoms with Gasteiger partial charge >= 0.3 is 0 Å². The number of rotatable bonds is 1. The summed E-state index contributed by atoms with van der Waals surface area (Å²) in [6, 6.07) is 4.40. The second-order valence-corrected chi connectivity index (χ2v) is 4.80. The Morgan fingerprint density at radius 1 is 1.35 bits per heavy atom. The first-order chi connectivity index (χ1) is 9.61. The lowest BCUT2D eigenvalue weighted by Crippen LogP contribution is -2.47. The highest BCUT2D eigenvalue weighted by molar-refractivity contribution is 5.94. The van der Waals surface area contributed by atoms with E-state index in [1.54, 1.807) is 11.0 Å². The lowest BCUT2D eigenvalue weighted by Gasteiger charge is -2.32. The molecule has 1 fully saturated rings. The highest BCUT2D eigenvalue weighted by atomic mass is 19.1. The Hall–Kier alpha value is -1.90. The van der Waals surface area contributed by atoms with E-state index in [0.717, 1.165) is 13.1 Å². The van der Waals surface area contributed by atoms with Crippen molar-refractivity contribution in [3.8, 4) is 11.8 Å². The van der Waals surface area contributed by atoms with Crippen LogP contribution in [-0.4, -0.2) is 55.5 Å². The first-order valence-corrected chi connectivity index (χ1v) is 6.58. The molecule has 2 N–H and O–H groups in total. The van der Waals surface area contributed by atoms with Gasteiger partial charge in [-0.15, -0.1) is 0 Å². The van der Waals surface area contributed by atoms with Gasteiger partial charge in [0, 0.05) is 31.7 Å². The number of carbonyl (C=O) groups excluding carboxylic acids is 1. The third-order valence-corrected chi connectivity index (χ3v) is 3.33. The van der Waals surface area contributed by atoms with E-state index in [4.69, 9.17) is 5.73 Å². The molecule has 0 aromatic heterocycles. The van der Waals surface area contributed by atoms with E-state index in [0.29, 0.717) is 18.7 Å². The first kappa shape index (κ1) is 14.5. The Labute approximate surface area is 118 Å². The maximum absolute atomic E-state index is 13.8. The molecule has 5 heteroatoms. The Balaban J connectivity index is 2.13. The standard InChI is InChI=1S/C15H18FN3O/c1-18-7-9-19(10-8-18)15(20)13-5-4-12(3-2-6-17)14(16)11-13/h4-5,11H,6-10,17H2,1H3. The van der Waals surface area contributed by atoms with Crippen LogP contribution in [0.15, 0.2) is 18.2 Å². The molecule has 20 heavy (non-hydrogen) atoms. The summed E-state index contributed by atoms with van der Waals surface area (Å²) in [5.74, 6) is 4.63. The normalized spacial score (nSPS) is 15.7. The van der Waals surface area contributed by atoms with Gasteiger partial charge < -0.3 is 15.5 Å². The predicted octanol–water partition coefficient (Wildman–Crippen LogP) is 0.523. The third kappa shape index (κ3) is 3.35. The van der Waals surface area contributed by atoms with E-state index in [-0.39, 0.29) is 18.0 Å². The Morgan fingerprint density at radius 2 is 2.05 bits per heavy atom. The molecular weight excluding hydrogens is 257 g/mol. The van der Waals surface area contributed by atoms with Crippen LogP contribution in [0, 0.1) is 17.7 Å². The van der Waals surface area contributed by atoms with Crippen LogP contribution in [-0.2, 0) is 0 Å². The maximum Gasteiger partial charge on any atom is 0.254 e. The summed E-state index contributed by atoms with van der Waals surface area (Å²) < 4.78 is 13.8. The van der Waals surface area contributed by atoms with Gasteiger partial charge in [-0.05, 0) is 25.2 Å². The largest absolute Gasteiger partial charge is 0.336 e. The summed E-state index contributed by atoms with van der Waals surface area (Å²) in [5, 5.41) is 0. The molecule has 1 heterocycles. The van der Waals surface area contributed by atoms with Gasteiger partial charge in [0.05, 0.1) is 12.1 Å². The number of benzene rings is 1. The van der Waals surface area contributed by atoms with E-state index >= 15 is 0 Å². The van der Waals surface area contributed by atoms with Crippen molar-refractivity contribution in [2.45, 2.75) is 0 Å². The van der Waals surface area contributed by atoms with Crippen LogP contribution in [0.2, 0.25) is 0 Å². The van der Waals surface area contributed by atoms with Crippen molar-refractivity contribution in [3.63, 3.8) is 0 Å². The summed E-state index contributed by atoms with van der Waals surface area (Å²) in [5.41, 5.74) is 5.89. The molecule has 1 aliphatic heterocycles. The van der Waals surface area contributed by atoms with E-state index in [9.17, 15) is 9.18 Å². The van der Waals surface area contributed by atoms with Crippen LogP contribution in [0.25, 0.3) is 0 Å². The van der Waals surface area contributed by atoms with Gasteiger partial charge in [-0.3, -0.25) is 4.79 Å². The van der Waals surface area contributed by atoms with Crippen molar-refractivity contribution in [3.05, 3.63) is 35.1 Å². The average Bonchev–Trinajstić information content (AvgIpc) is 2.46. The molecule has 106 valence electrons. The fraction of sp³-hybridized carbons (Fsp3) is 0.400. The van der Waals surface area contributed by atoms with Crippen LogP contribution >= 0.6 is 0 Å². The summed E-state index contributed by atoms with van der Waals surface area (Å²) >= 11 is 0. The number of hydrogen-bond donors (Lipinski definition) is 1. The maximum atomic E-state index is 13.8. The molecule has 1 aromatic carbocycles. The molecule has 4 nitrogen and oxygen atoms in total. The van der Waals surface area contributed by atoms with E-state index < -0.39 is 5.82 Å². The second kappa shape index (κ2) is 6.51. The molecule has 0 saturated carbocycles. The van der Waals surface area contributed by atoms with Gasteiger partial charge in [-0.25, -0.2) is 4.39 Å². The lowest BCUT2D eigenvalue weighted by atomic mass is 10.1. The molecule has 2 rings (SSSR count). The zero-order valence-electron chi connectivity index (χ0n) is 11.5. The molecule has 0 spiro atoms. The number of carbonyl (C=O) groups is 1. The number of halogens is 1. The fourth-order valence-corrected chi connectivity index (χ4v) is 2.09. The van der Waals surface area contributed by atoms with Gasteiger partial charge in [0.2, 0.25) is 0 Å². The number of amides is 1. The van der Waals surface area contributed by atoms with Crippen LogP contribution in [0.5, 0.6) is 0 Å². The van der Waals surface area contributed by atoms with Gasteiger partial charge in [0.15, 0.2) is 0 Å². The Morgan fingerprint density at radius 3 is 2.65 bits per heavy atom. The molecule has 0 atom stereocenters. The summed E-state index contributed by atoms with van der Waals surface area (Å²) in [7, 11) is 2.02. The minimum Gasteiger partial charge on any atom is -0.336 e. The quantitative estimate of drug-likeness (QED) is 0.760. The van der Waals surface area contributed by atoms with Gasteiger partial charge in [0.1, 0.15) is 5.82 Å². The topological polar surface area (TPSA) is 49.6 Å². The minimum atomic E-state index is -0.481. The molecule has 1 amide bonds. The number of nitrogens with zero attached hydrogens (tertiary/aromatic N) is 2. The number of hydrogen-bond acceptors (Lipinski definition) is 3. The zero-order chi connectivity index (χ0) is 14.5. The molecule has 1 aliphatic rings. The van der Waals surface area contributed by atoms with Crippen molar-refractivity contribution >= 4 is 5.91 Å². The Bertz CT molecular complexity index is 554. The van der Waals surface area contributed by atoms with E-state index in [1.165, 1.54) is 12.1 Å². The van der Waals surface area contributed by atoms with Gasteiger partial charge in [-0.1, -0.05) is 11.8 Å². The van der Waals surface area contributed by atoms with E-state index in [1.807, 2.05) is 7.05 Å². The molecule has 0 unspecified atom stereocenters. The number of nitrogens with two attached hydrogens (primary N) is 1. The monoisotopic (exact) mass is 275 g/mol. The average molecular weight is 275 g/mol. The van der Waals surface area contributed by atoms with Gasteiger partial charge in [-0.2, -0.15) is 0 Å². The summed E-state index contributed by atoms with van der Waals surface area (Å²) in [6.07, 6.45) is 0. The third-order valence-electron chi connectivity index (χ3n) is 3.33. The predicted molar refractivity (Wildman–Crippen MR) is 75.7 cm³/mol. The number of piperazine rings is 1. The zero-order valence-corrected chi connectivity index (χ0v) is 11.5. The summed E-state index contributed by atoms with van der Waals surface area (Å²) in [6.45, 7) is 3.21. The van der Waals surface area contributed by atoms with Crippen molar-refractivity contribution in [1.82, 2.24) is 9.80 Å². The van der Waals surface area contributed by atoms with E-state index in [2.05, 4.69) is 16.7 Å². The molecule has 0 bridgehead atoms. The second-order valence-electron chi connectivity index (χ2n) is 4.80. The molecule has 1 aromatic rings. The van der Waals surface area contributed by atoms with Crippen molar-refractivity contribution < 1.29 is 9.18 Å².